The highest BCUT2D eigenvalue weighted by Crippen LogP contribution is 2.42. The van der Waals surface area contributed by atoms with E-state index in [1.165, 1.54) is 17.7 Å². The second-order valence-corrected chi connectivity index (χ2v) is 5.55. The Hall–Kier alpha value is -1.20. The van der Waals surface area contributed by atoms with Crippen molar-refractivity contribution in [2.45, 2.75) is 25.4 Å². The number of aryl methyl sites for hydroxylation is 1. The topological polar surface area (TPSA) is 42.7 Å². The Bertz CT molecular complexity index is 472. The van der Waals surface area contributed by atoms with Crippen molar-refractivity contribution in [1.29, 1.82) is 0 Å². The summed E-state index contributed by atoms with van der Waals surface area (Å²) in [6.45, 7) is 0.787. The first kappa shape index (κ1) is 10.9. The second kappa shape index (κ2) is 4.58. The van der Waals surface area contributed by atoms with Crippen LogP contribution in [-0.4, -0.2) is 14.8 Å². The molecule has 2 aromatic rings. The SMILES string of the molecule is Cn1cnnc1CNC(c1cccs1)C1CC1. The van der Waals surface area contributed by atoms with Crippen LogP contribution in [0.4, 0.5) is 0 Å². The van der Waals surface area contributed by atoms with Gasteiger partial charge in [-0.15, -0.1) is 21.5 Å². The summed E-state index contributed by atoms with van der Waals surface area (Å²) in [4.78, 5) is 1.44. The largest absolute Gasteiger partial charge is 0.320 e. The van der Waals surface area contributed by atoms with Crippen LogP contribution in [0.15, 0.2) is 23.8 Å². The minimum absolute atomic E-state index is 0.492. The third kappa shape index (κ3) is 2.40. The van der Waals surface area contributed by atoms with E-state index in [-0.39, 0.29) is 0 Å². The molecule has 0 radical (unpaired) electrons. The van der Waals surface area contributed by atoms with Gasteiger partial charge in [-0.05, 0) is 30.2 Å². The summed E-state index contributed by atoms with van der Waals surface area (Å²) < 4.78 is 1.96. The van der Waals surface area contributed by atoms with Crippen LogP contribution < -0.4 is 5.32 Å². The van der Waals surface area contributed by atoms with Gasteiger partial charge in [0.2, 0.25) is 0 Å². The van der Waals surface area contributed by atoms with Gasteiger partial charge in [0.15, 0.2) is 0 Å². The van der Waals surface area contributed by atoms with E-state index in [0.29, 0.717) is 6.04 Å². The molecule has 2 heterocycles. The van der Waals surface area contributed by atoms with Crippen molar-refractivity contribution in [2.75, 3.05) is 0 Å². The van der Waals surface area contributed by atoms with Crippen molar-refractivity contribution in [2.24, 2.45) is 13.0 Å². The number of hydrogen-bond acceptors (Lipinski definition) is 4. The molecular weight excluding hydrogens is 232 g/mol. The molecule has 0 bridgehead atoms. The van der Waals surface area contributed by atoms with Gasteiger partial charge >= 0.3 is 0 Å². The third-order valence-corrected chi connectivity index (χ3v) is 4.18. The molecule has 0 spiro atoms. The van der Waals surface area contributed by atoms with Gasteiger partial charge < -0.3 is 9.88 Å². The summed E-state index contributed by atoms with van der Waals surface area (Å²) in [6.07, 6.45) is 4.43. The maximum Gasteiger partial charge on any atom is 0.146 e. The zero-order valence-corrected chi connectivity index (χ0v) is 10.7. The summed E-state index contributed by atoms with van der Waals surface area (Å²) in [7, 11) is 1.98. The Balaban J connectivity index is 1.68. The molecule has 1 N–H and O–H groups in total. The predicted molar refractivity (Wildman–Crippen MR) is 67.6 cm³/mol. The average Bonchev–Trinajstić information content (AvgIpc) is 2.86. The zero-order chi connectivity index (χ0) is 11.7. The second-order valence-electron chi connectivity index (χ2n) is 4.57. The van der Waals surface area contributed by atoms with E-state index in [1.54, 1.807) is 6.33 Å². The summed E-state index contributed by atoms with van der Waals surface area (Å²) in [6, 6.07) is 4.84. The zero-order valence-electron chi connectivity index (χ0n) is 9.84. The Morgan fingerprint density at radius 2 is 2.47 bits per heavy atom. The minimum Gasteiger partial charge on any atom is -0.320 e. The standard InChI is InChI=1S/C12H16N4S/c1-16-8-14-15-11(16)7-13-12(9-4-5-9)10-3-2-6-17-10/h2-3,6,8-9,12-13H,4-5,7H2,1H3. The number of rotatable bonds is 5. The highest BCUT2D eigenvalue weighted by atomic mass is 32.1. The van der Waals surface area contributed by atoms with Crippen molar-refractivity contribution in [3.05, 3.63) is 34.5 Å². The molecule has 1 unspecified atom stereocenters. The van der Waals surface area contributed by atoms with Crippen LogP contribution in [0.5, 0.6) is 0 Å². The molecule has 17 heavy (non-hydrogen) atoms. The normalized spacial score (nSPS) is 17.2. The van der Waals surface area contributed by atoms with E-state index < -0.39 is 0 Å². The quantitative estimate of drug-likeness (QED) is 0.881. The van der Waals surface area contributed by atoms with E-state index in [9.17, 15) is 0 Å². The molecule has 0 saturated heterocycles. The first-order valence-corrected chi connectivity index (χ1v) is 6.82. The number of thiophene rings is 1. The predicted octanol–water partition coefficient (Wildman–Crippen LogP) is 2.12. The van der Waals surface area contributed by atoms with Gasteiger partial charge in [-0.2, -0.15) is 0 Å². The summed E-state index contributed by atoms with van der Waals surface area (Å²) in [5, 5.41) is 13.8. The molecule has 1 aliphatic carbocycles. The molecule has 0 aromatic carbocycles. The van der Waals surface area contributed by atoms with Crippen LogP contribution in [0.1, 0.15) is 29.6 Å². The molecule has 1 fully saturated rings. The van der Waals surface area contributed by atoms with Crippen LogP contribution in [0, 0.1) is 5.92 Å². The van der Waals surface area contributed by atoms with Gasteiger partial charge in [-0.25, -0.2) is 0 Å². The Kier molecular flexibility index (Phi) is 2.94. The maximum absolute atomic E-state index is 4.10. The molecule has 0 aliphatic heterocycles. The van der Waals surface area contributed by atoms with E-state index in [4.69, 9.17) is 0 Å². The molecular formula is C12H16N4S. The van der Waals surface area contributed by atoms with Crippen molar-refractivity contribution in [1.82, 2.24) is 20.1 Å². The van der Waals surface area contributed by atoms with E-state index in [0.717, 1.165) is 18.3 Å². The lowest BCUT2D eigenvalue weighted by atomic mass is 10.1. The van der Waals surface area contributed by atoms with Gasteiger partial charge in [0.25, 0.3) is 0 Å². The van der Waals surface area contributed by atoms with E-state index in [1.807, 2.05) is 23.0 Å². The highest BCUT2D eigenvalue weighted by molar-refractivity contribution is 7.10. The monoisotopic (exact) mass is 248 g/mol. The first-order chi connectivity index (χ1) is 8.34. The Morgan fingerprint density at radius 3 is 3.06 bits per heavy atom. The molecule has 4 nitrogen and oxygen atoms in total. The fraction of sp³-hybridized carbons (Fsp3) is 0.500. The lowest BCUT2D eigenvalue weighted by Gasteiger charge is -2.16. The fourth-order valence-corrected chi connectivity index (χ4v) is 2.96. The Morgan fingerprint density at radius 1 is 1.59 bits per heavy atom. The van der Waals surface area contributed by atoms with Gasteiger partial charge in [-0.3, -0.25) is 0 Å². The minimum atomic E-state index is 0.492. The Labute approximate surface area is 105 Å². The number of aromatic nitrogens is 3. The highest BCUT2D eigenvalue weighted by Gasteiger charge is 2.32. The summed E-state index contributed by atoms with van der Waals surface area (Å²) in [5.74, 6) is 1.80. The molecule has 1 atom stereocenters. The van der Waals surface area contributed by atoms with E-state index >= 15 is 0 Å². The molecule has 1 saturated carbocycles. The third-order valence-electron chi connectivity index (χ3n) is 3.23. The van der Waals surface area contributed by atoms with Crippen molar-refractivity contribution in [3.63, 3.8) is 0 Å². The van der Waals surface area contributed by atoms with Crippen molar-refractivity contribution < 1.29 is 0 Å². The van der Waals surface area contributed by atoms with Crippen molar-refractivity contribution >= 4 is 11.3 Å². The maximum atomic E-state index is 4.10. The lowest BCUT2D eigenvalue weighted by Crippen LogP contribution is -2.23. The van der Waals surface area contributed by atoms with Gasteiger partial charge in [-0.1, -0.05) is 6.07 Å². The van der Waals surface area contributed by atoms with Crippen LogP contribution in [0.25, 0.3) is 0 Å². The summed E-state index contributed by atoms with van der Waals surface area (Å²) >= 11 is 1.84. The number of hydrogen-bond donors (Lipinski definition) is 1. The number of nitrogens with zero attached hydrogens (tertiary/aromatic N) is 3. The van der Waals surface area contributed by atoms with Crippen LogP contribution >= 0.6 is 11.3 Å². The van der Waals surface area contributed by atoms with Crippen LogP contribution in [-0.2, 0) is 13.6 Å². The number of nitrogens with one attached hydrogen (secondary N) is 1. The lowest BCUT2D eigenvalue weighted by molar-refractivity contribution is 0.473. The van der Waals surface area contributed by atoms with Gasteiger partial charge in [0.05, 0.1) is 6.54 Å². The van der Waals surface area contributed by atoms with Crippen LogP contribution in [0.3, 0.4) is 0 Å². The van der Waals surface area contributed by atoms with E-state index in [2.05, 4.69) is 33.0 Å². The smallest absolute Gasteiger partial charge is 0.146 e. The molecule has 3 rings (SSSR count). The molecule has 5 heteroatoms. The van der Waals surface area contributed by atoms with Gasteiger partial charge in [0, 0.05) is 18.0 Å². The first-order valence-electron chi connectivity index (χ1n) is 5.94. The fourth-order valence-electron chi connectivity index (χ4n) is 2.07. The average molecular weight is 248 g/mol. The molecule has 0 amide bonds. The molecule has 90 valence electrons. The van der Waals surface area contributed by atoms with Gasteiger partial charge in [0.1, 0.15) is 12.2 Å². The molecule has 2 aromatic heterocycles. The van der Waals surface area contributed by atoms with Crippen molar-refractivity contribution in [3.8, 4) is 0 Å². The summed E-state index contributed by atoms with van der Waals surface area (Å²) in [5.41, 5.74) is 0. The molecule has 1 aliphatic rings. The van der Waals surface area contributed by atoms with Crippen LogP contribution in [0.2, 0.25) is 0 Å².